The minimum atomic E-state index is -0.104. The van der Waals surface area contributed by atoms with E-state index in [1.807, 2.05) is 71.4 Å². The number of nitrogens with one attached hydrogen (secondary N) is 1. The Morgan fingerprint density at radius 1 is 0.759 bits per heavy atom. The minimum absolute atomic E-state index is 0.104. The smallest absolute Gasteiger partial charge is 0.227 e. The van der Waals surface area contributed by atoms with Crippen LogP contribution < -0.4 is 5.32 Å². The number of allylic oxidation sites excluding steroid dienone is 1. The summed E-state index contributed by atoms with van der Waals surface area (Å²) in [6.45, 7) is 0. The highest BCUT2D eigenvalue weighted by Crippen LogP contribution is 2.34. The summed E-state index contributed by atoms with van der Waals surface area (Å²) in [6.07, 6.45) is 2.16. The summed E-state index contributed by atoms with van der Waals surface area (Å²) < 4.78 is 1.90. The topological polar surface area (TPSA) is 42.7 Å². The number of nitrogens with zero attached hydrogens (tertiary/aromatic N) is 3. The van der Waals surface area contributed by atoms with Crippen molar-refractivity contribution in [3.63, 3.8) is 0 Å². The molecule has 1 unspecified atom stereocenters. The standard InChI is InChI=1S/C23H16Cl2N4/c24-18-10-6-16(7-11-18)21-14-20(15-4-2-1-3-5-15)26-23-27-22(28-29(21)23)17-8-12-19(25)13-9-17/h1-14,21H,(H,26,27,28). The van der Waals surface area contributed by atoms with E-state index in [4.69, 9.17) is 33.3 Å². The summed E-state index contributed by atoms with van der Waals surface area (Å²) in [7, 11) is 0. The van der Waals surface area contributed by atoms with E-state index in [2.05, 4.69) is 23.5 Å². The fraction of sp³-hybridized carbons (Fsp3) is 0.0435. The molecule has 0 bridgehead atoms. The van der Waals surface area contributed by atoms with Gasteiger partial charge in [0.1, 0.15) is 6.04 Å². The Bertz CT molecular complexity index is 1180. The lowest BCUT2D eigenvalue weighted by atomic mass is 10.0. The zero-order valence-corrected chi connectivity index (χ0v) is 16.8. The fourth-order valence-electron chi connectivity index (χ4n) is 3.40. The van der Waals surface area contributed by atoms with Crippen LogP contribution in [0.15, 0.2) is 84.9 Å². The number of hydrogen-bond donors (Lipinski definition) is 1. The van der Waals surface area contributed by atoms with E-state index in [1.165, 1.54) is 0 Å². The van der Waals surface area contributed by atoms with Crippen LogP contribution >= 0.6 is 23.2 Å². The molecule has 1 aliphatic rings. The summed E-state index contributed by atoms with van der Waals surface area (Å²) in [5, 5.41) is 9.59. The molecule has 6 heteroatoms. The quantitative estimate of drug-likeness (QED) is 0.423. The van der Waals surface area contributed by atoms with Crippen LogP contribution in [0.25, 0.3) is 17.1 Å². The molecule has 1 atom stereocenters. The molecule has 29 heavy (non-hydrogen) atoms. The molecule has 0 radical (unpaired) electrons. The maximum Gasteiger partial charge on any atom is 0.227 e. The van der Waals surface area contributed by atoms with E-state index >= 15 is 0 Å². The molecule has 0 aliphatic carbocycles. The Kier molecular flexibility index (Phi) is 4.58. The van der Waals surface area contributed by atoms with Crippen molar-refractivity contribution in [1.29, 1.82) is 0 Å². The van der Waals surface area contributed by atoms with Gasteiger partial charge in [-0.15, -0.1) is 5.10 Å². The SMILES string of the molecule is Clc1ccc(-c2nc3n(n2)C(c2ccc(Cl)cc2)C=C(c2ccccc2)N3)cc1. The molecule has 1 N–H and O–H groups in total. The summed E-state index contributed by atoms with van der Waals surface area (Å²) in [4.78, 5) is 4.75. The van der Waals surface area contributed by atoms with Crippen LogP contribution in [-0.4, -0.2) is 14.8 Å². The largest absolute Gasteiger partial charge is 0.324 e. The number of rotatable bonds is 3. The van der Waals surface area contributed by atoms with E-state index in [0.717, 1.165) is 22.4 Å². The first-order chi connectivity index (χ1) is 14.2. The third-order valence-electron chi connectivity index (χ3n) is 4.86. The highest BCUT2D eigenvalue weighted by molar-refractivity contribution is 6.30. The van der Waals surface area contributed by atoms with Crippen molar-refractivity contribution < 1.29 is 0 Å². The number of fused-ring (bicyclic) bond motifs is 1. The number of hydrogen-bond acceptors (Lipinski definition) is 3. The van der Waals surface area contributed by atoms with Crippen molar-refractivity contribution in [2.24, 2.45) is 0 Å². The van der Waals surface area contributed by atoms with Gasteiger partial charge in [-0.3, -0.25) is 0 Å². The van der Waals surface area contributed by atoms with E-state index < -0.39 is 0 Å². The van der Waals surface area contributed by atoms with Gasteiger partial charge in [0, 0.05) is 21.3 Å². The average Bonchev–Trinajstić information content (AvgIpc) is 3.19. The van der Waals surface area contributed by atoms with Crippen molar-refractivity contribution in [1.82, 2.24) is 14.8 Å². The van der Waals surface area contributed by atoms with Gasteiger partial charge in [0.05, 0.1) is 0 Å². The molecule has 142 valence electrons. The molecule has 4 aromatic rings. The van der Waals surface area contributed by atoms with E-state index in [-0.39, 0.29) is 6.04 Å². The maximum absolute atomic E-state index is 6.10. The molecule has 3 aromatic carbocycles. The van der Waals surface area contributed by atoms with Crippen LogP contribution in [0, 0.1) is 0 Å². The van der Waals surface area contributed by atoms with Gasteiger partial charge in [0.15, 0.2) is 5.82 Å². The van der Waals surface area contributed by atoms with Gasteiger partial charge >= 0.3 is 0 Å². The first-order valence-corrected chi connectivity index (χ1v) is 9.95. The molecule has 0 spiro atoms. The molecule has 4 nitrogen and oxygen atoms in total. The van der Waals surface area contributed by atoms with E-state index in [9.17, 15) is 0 Å². The second kappa shape index (κ2) is 7.39. The summed E-state index contributed by atoms with van der Waals surface area (Å²) in [6, 6.07) is 25.4. The van der Waals surface area contributed by atoms with E-state index in [1.54, 1.807) is 0 Å². The molecule has 1 aromatic heterocycles. The lowest BCUT2D eigenvalue weighted by molar-refractivity contribution is 0.613. The molecule has 2 heterocycles. The summed E-state index contributed by atoms with van der Waals surface area (Å²) in [5.74, 6) is 1.34. The lowest BCUT2D eigenvalue weighted by Gasteiger charge is -2.24. The van der Waals surface area contributed by atoms with Crippen molar-refractivity contribution in [3.05, 3.63) is 106 Å². The first-order valence-electron chi connectivity index (χ1n) is 9.19. The molecule has 0 amide bonds. The Labute approximate surface area is 178 Å². The fourth-order valence-corrected chi connectivity index (χ4v) is 3.65. The molecule has 1 aliphatic heterocycles. The van der Waals surface area contributed by atoms with Crippen LogP contribution in [0.5, 0.6) is 0 Å². The monoisotopic (exact) mass is 418 g/mol. The normalized spacial score (nSPS) is 15.4. The second-order valence-electron chi connectivity index (χ2n) is 6.78. The number of benzene rings is 3. The van der Waals surface area contributed by atoms with Gasteiger partial charge in [-0.05, 0) is 53.6 Å². The highest BCUT2D eigenvalue weighted by atomic mass is 35.5. The zero-order valence-electron chi connectivity index (χ0n) is 15.3. The molecule has 0 saturated carbocycles. The Hall–Kier alpha value is -3.08. The molecule has 5 rings (SSSR count). The van der Waals surface area contributed by atoms with Crippen molar-refractivity contribution in [2.75, 3.05) is 5.32 Å². The Morgan fingerprint density at radius 2 is 1.41 bits per heavy atom. The Morgan fingerprint density at radius 3 is 2.10 bits per heavy atom. The second-order valence-corrected chi connectivity index (χ2v) is 7.65. The van der Waals surface area contributed by atoms with Crippen LogP contribution in [0.4, 0.5) is 5.95 Å². The zero-order chi connectivity index (χ0) is 19.8. The van der Waals surface area contributed by atoms with Crippen LogP contribution in [0.2, 0.25) is 10.0 Å². The van der Waals surface area contributed by atoms with Gasteiger partial charge in [-0.25, -0.2) is 4.68 Å². The number of halogens is 2. The average molecular weight is 419 g/mol. The first kappa shape index (κ1) is 18.0. The van der Waals surface area contributed by atoms with Gasteiger partial charge in [0.2, 0.25) is 5.95 Å². The maximum atomic E-state index is 6.10. The molecular formula is C23H16Cl2N4. The van der Waals surface area contributed by atoms with Crippen molar-refractivity contribution in [3.8, 4) is 11.4 Å². The van der Waals surface area contributed by atoms with Crippen LogP contribution in [-0.2, 0) is 0 Å². The highest BCUT2D eigenvalue weighted by Gasteiger charge is 2.25. The molecule has 0 saturated heterocycles. The number of aromatic nitrogens is 3. The summed E-state index contributed by atoms with van der Waals surface area (Å²) >= 11 is 12.1. The predicted octanol–water partition coefficient (Wildman–Crippen LogP) is 6.31. The molecular weight excluding hydrogens is 403 g/mol. The van der Waals surface area contributed by atoms with Gasteiger partial charge < -0.3 is 5.32 Å². The van der Waals surface area contributed by atoms with E-state index in [0.29, 0.717) is 21.8 Å². The third-order valence-corrected chi connectivity index (χ3v) is 5.37. The van der Waals surface area contributed by atoms with Gasteiger partial charge in [-0.2, -0.15) is 4.98 Å². The molecule has 0 fully saturated rings. The van der Waals surface area contributed by atoms with Crippen LogP contribution in [0.1, 0.15) is 17.2 Å². The summed E-state index contributed by atoms with van der Waals surface area (Å²) in [5.41, 5.74) is 4.08. The van der Waals surface area contributed by atoms with Gasteiger partial charge in [0.25, 0.3) is 0 Å². The van der Waals surface area contributed by atoms with Crippen molar-refractivity contribution >= 4 is 34.8 Å². The minimum Gasteiger partial charge on any atom is -0.324 e. The van der Waals surface area contributed by atoms with Gasteiger partial charge in [-0.1, -0.05) is 65.7 Å². The Balaban J connectivity index is 1.62. The van der Waals surface area contributed by atoms with Crippen molar-refractivity contribution in [2.45, 2.75) is 6.04 Å². The lowest BCUT2D eigenvalue weighted by Crippen LogP contribution is -2.20. The third kappa shape index (κ3) is 3.53. The van der Waals surface area contributed by atoms with Crippen LogP contribution in [0.3, 0.4) is 0 Å². The number of anilines is 1. The predicted molar refractivity (Wildman–Crippen MR) is 118 cm³/mol.